The van der Waals surface area contributed by atoms with Crippen LogP contribution in [-0.2, 0) is 11.3 Å². The van der Waals surface area contributed by atoms with Gasteiger partial charge in [0.1, 0.15) is 5.52 Å². The average molecular weight is 232 g/mol. The molecule has 1 N–H and O–H groups in total. The van der Waals surface area contributed by atoms with Crippen LogP contribution in [0.4, 0.5) is 0 Å². The number of hydrogen-bond donors (Lipinski definition) is 1. The molecule has 0 saturated carbocycles. The first-order chi connectivity index (χ1) is 8.29. The summed E-state index contributed by atoms with van der Waals surface area (Å²) in [7, 11) is 0. The summed E-state index contributed by atoms with van der Waals surface area (Å²) in [6.07, 6.45) is 4.00. The molecule has 0 bridgehead atoms. The largest absolute Gasteiger partial charge is 0.443 e. The van der Waals surface area contributed by atoms with Crippen molar-refractivity contribution in [3.63, 3.8) is 0 Å². The molecule has 0 aliphatic carbocycles. The predicted octanol–water partition coefficient (Wildman–Crippen LogP) is 2.63. The molecule has 4 nitrogen and oxygen atoms in total. The molecule has 2 rings (SSSR count). The molecule has 90 valence electrons. The van der Waals surface area contributed by atoms with Gasteiger partial charge in [-0.1, -0.05) is 19.4 Å². The highest BCUT2D eigenvalue weighted by Gasteiger charge is 2.03. The SMILES string of the molecule is CCCCC(=O)NCc1ccc2ncoc2c1. The summed E-state index contributed by atoms with van der Waals surface area (Å²) in [4.78, 5) is 15.5. The first-order valence-corrected chi connectivity index (χ1v) is 5.88. The molecule has 0 aliphatic rings. The van der Waals surface area contributed by atoms with Crippen molar-refractivity contribution in [1.29, 1.82) is 0 Å². The van der Waals surface area contributed by atoms with Crippen molar-refractivity contribution in [3.05, 3.63) is 30.2 Å². The molecule has 0 spiro atoms. The number of rotatable bonds is 5. The number of fused-ring (bicyclic) bond motifs is 1. The van der Waals surface area contributed by atoms with Gasteiger partial charge in [-0.25, -0.2) is 4.98 Å². The molecule has 0 atom stereocenters. The van der Waals surface area contributed by atoms with Gasteiger partial charge in [-0.05, 0) is 24.1 Å². The van der Waals surface area contributed by atoms with Gasteiger partial charge in [-0.3, -0.25) is 4.79 Å². The molecular formula is C13H16N2O2. The van der Waals surface area contributed by atoms with E-state index in [9.17, 15) is 4.79 Å². The highest BCUT2D eigenvalue weighted by Crippen LogP contribution is 2.14. The summed E-state index contributed by atoms with van der Waals surface area (Å²) in [6.45, 7) is 2.62. The molecule has 0 saturated heterocycles. The van der Waals surface area contributed by atoms with Crippen LogP contribution < -0.4 is 5.32 Å². The Balaban J connectivity index is 1.92. The minimum atomic E-state index is 0.101. The third-order valence-corrected chi connectivity index (χ3v) is 2.64. The summed E-state index contributed by atoms with van der Waals surface area (Å²) >= 11 is 0. The maximum atomic E-state index is 11.4. The smallest absolute Gasteiger partial charge is 0.220 e. The van der Waals surface area contributed by atoms with Crippen molar-refractivity contribution >= 4 is 17.0 Å². The van der Waals surface area contributed by atoms with Crippen molar-refractivity contribution < 1.29 is 9.21 Å². The maximum Gasteiger partial charge on any atom is 0.220 e. The Kier molecular flexibility index (Phi) is 3.75. The van der Waals surface area contributed by atoms with Crippen molar-refractivity contribution in [2.24, 2.45) is 0 Å². The Hall–Kier alpha value is -1.84. The molecule has 1 amide bonds. The van der Waals surface area contributed by atoms with Gasteiger partial charge in [0.25, 0.3) is 0 Å². The van der Waals surface area contributed by atoms with Gasteiger partial charge < -0.3 is 9.73 Å². The van der Waals surface area contributed by atoms with Crippen molar-refractivity contribution in [3.8, 4) is 0 Å². The van der Waals surface area contributed by atoms with Crippen LogP contribution in [0, 0.1) is 0 Å². The standard InChI is InChI=1S/C13H16N2O2/c1-2-3-4-13(16)14-8-10-5-6-11-12(7-10)17-9-15-11/h5-7,9H,2-4,8H2,1H3,(H,14,16). The second-order valence-electron chi connectivity index (χ2n) is 4.03. The summed E-state index contributed by atoms with van der Waals surface area (Å²) in [5.41, 5.74) is 2.62. The summed E-state index contributed by atoms with van der Waals surface area (Å²) in [5.74, 6) is 0.101. The minimum Gasteiger partial charge on any atom is -0.443 e. The van der Waals surface area contributed by atoms with E-state index in [1.54, 1.807) is 0 Å². The highest BCUT2D eigenvalue weighted by atomic mass is 16.3. The Morgan fingerprint density at radius 1 is 1.47 bits per heavy atom. The monoisotopic (exact) mass is 232 g/mol. The van der Waals surface area contributed by atoms with Gasteiger partial charge in [0.05, 0.1) is 0 Å². The Morgan fingerprint density at radius 2 is 2.35 bits per heavy atom. The lowest BCUT2D eigenvalue weighted by Crippen LogP contribution is -2.22. The van der Waals surface area contributed by atoms with E-state index >= 15 is 0 Å². The number of amides is 1. The number of benzene rings is 1. The first kappa shape index (κ1) is 11.6. The van der Waals surface area contributed by atoms with Gasteiger partial charge in [0.15, 0.2) is 12.0 Å². The first-order valence-electron chi connectivity index (χ1n) is 5.88. The van der Waals surface area contributed by atoms with E-state index in [2.05, 4.69) is 17.2 Å². The second kappa shape index (κ2) is 5.48. The Labute approximate surface area is 100 Å². The maximum absolute atomic E-state index is 11.4. The van der Waals surface area contributed by atoms with E-state index in [4.69, 9.17) is 4.42 Å². The van der Waals surface area contributed by atoms with Gasteiger partial charge in [-0.2, -0.15) is 0 Å². The summed E-state index contributed by atoms with van der Waals surface area (Å²) < 4.78 is 5.21. The Bertz CT molecular complexity index is 505. The number of carbonyl (C=O) groups excluding carboxylic acids is 1. The molecule has 1 aromatic carbocycles. The number of oxazole rings is 1. The predicted molar refractivity (Wildman–Crippen MR) is 65.4 cm³/mol. The molecule has 1 heterocycles. The van der Waals surface area contributed by atoms with Crippen molar-refractivity contribution in [2.75, 3.05) is 0 Å². The molecule has 0 radical (unpaired) electrons. The van der Waals surface area contributed by atoms with Crippen LogP contribution in [0.2, 0.25) is 0 Å². The van der Waals surface area contributed by atoms with Gasteiger partial charge in [-0.15, -0.1) is 0 Å². The number of nitrogens with one attached hydrogen (secondary N) is 1. The zero-order valence-electron chi connectivity index (χ0n) is 9.90. The van der Waals surface area contributed by atoms with Crippen LogP contribution >= 0.6 is 0 Å². The fourth-order valence-corrected chi connectivity index (χ4v) is 1.64. The minimum absolute atomic E-state index is 0.101. The quantitative estimate of drug-likeness (QED) is 0.862. The molecule has 4 heteroatoms. The fraction of sp³-hybridized carbons (Fsp3) is 0.385. The topological polar surface area (TPSA) is 55.1 Å². The molecule has 0 aliphatic heterocycles. The number of aromatic nitrogens is 1. The lowest BCUT2D eigenvalue weighted by atomic mass is 10.2. The second-order valence-corrected chi connectivity index (χ2v) is 4.03. The lowest BCUT2D eigenvalue weighted by Gasteiger charge is -2.04. The van der Waals surface area contributed by atoms with E-state index in [-0.39, 0.29) is 5.91 Å². The van der Waals surface area contributed by atoms with Gasteiger partial charge in [0.2, 0.25) is 5.91 Å². The highest BCUT2D eigenvalue weighted by molar-refractivity contribution is 5.76. The van der Waals surface area contributed by atoms with E-state index in [0.717, 1.165) is 29.5 Å². The zero-order valence-corrected chi connectivity index (χ0v) is 9.90. The molecule has 17 heavy (non-hydrogen) atoms. The molecule has 0 fully saturated rings. The number of carbonyl (C=O) groups is 1. The van der Waals surface area contributed by atoms with Crippen LogP contribution in [0.15, 0.2) is 29.0 Å². The molecule has 1 aromatic heterocycles. The average Bonchev–Trinajstić information content (AvgIpc) is 2.81. The van der Waals surface area contributed by atoms with Gasteiger partial charge >= 0.3 is 0 Å². The zero-order chi connectivity index (χ0) is 12.1. The van der Waals surface area contributed by atoms with Crippen LogP contribution in [-0.4, -0.2) is 10.9 Å². The molecular weight excluding hydrogens is 216 g/mol. The van der Waals surface area contributed by atoms with Crippen LogP contribution in [0.25, 0.3) is 11.1 Å². The van der Waals surface area contributed by atoms with Crippen LogP contribution in [0.5, 0.6) is 0 Å². The normalized spacial score (nSPS) is 10.6. The number of unbranched alkanes of at least 4 members (excludes halogenated alkanes) is 1. The van der Waals surface area contributed by atoms with E-state index in [1.807, 2.05) is 18.2 Å². The third-order valence-electron chi connectivity index (χ3n) is 2.64. The summed E-state index contributed by atoms with van der Waals surface area (Å²) in [6, 6.07) is 5.75. The third kappa shape index (κ3) is 3.06. The van der Waals surface area contributed by atoms with E-state index < -0.39 is 0 Å². The number of nitrogens with zero attached hydrogens (tertiary/aromatic N) is 1. The van der Waals surface area contributed by atoms with Crippen molar-refractivity contribution in [2.45, 2.75) is 32.7 Å². The Morgan fingerprint density at radius 3 is 3.18 bits per heavy atom. The fourth-order valence-electron chi connectivity index (χ4n) is 1.64. The van der Waals surface area contributed by atoms with E-state index in [0.29, 0.717) is 13.0 Å². The van der Waals surface area contributed by atoms with Crippen LogP contribution in [0.1, 0.15) is 31.7 Å². The molecule has 2 aromatic rings. The van der Waals surface area contributed by atoms with Crippen LogP contribution in [0.3, 0.4) is 0 Å². The lowest BCUT2D eigenvalue weighted by molar-refractivity contribution is -0.121. The number of hydrogen-bond acceptors (Lipinski definition) is 3. The van der Waals surface area contributed by atoms with E-state index in [1.165, 1.54) is 6.39 Å². The molecule has 0 unspecified atom stereocenters. The summed E-state index contributed by atoms with van der Waals surface area (Å²) in [5, 5.41) is 2.89. The van der Waals surface area contributed by atoms with Crippen molar-refractivity contribution in [1.82, 2.24) is 10.3 Å². The van der Waals surface area contributed by atoms with Gasteiger partial charge in [0, 0.05) is 13.0 Å².